The van der Waals surface area contributed by atoms with Crippen LogP contribution in [0.25, 0.3) is 0 Å². The molecule has 1 unspecified atom stereocenters. The Morgan fingerprint density at radius 3 is 2.56 bits per heavy atom. The Labute approximate surface area is 95.7 Å². The summed E-state index contributed by atoms with van der Waals surface area (Å²) in [6.45, 7) is 4.26. The highest BCUT2D eigenvalue weighted by Gasteiger charge is 2.10. The van der Waals surface area contributed by atoms with E-state index < -0.39 is 0 Å². The summed E-state index contributed by atoms with van der Waals surface area (Å²) in [6.07, 6.45) is 0.268. The monoisotopic (exact) mass is 217 g/mol. The zero-order valence-corrected chi connectivity index (χ0v) is 9.56. The molecule has 1 aromatic carbocycles. The summed E-state index contributed by atoms with van der Waals surface area (Å²) >= 11 is 0. The van der Waals surface area contributed by atoms with E-state index in [1.807, 2.05) is 6.92 Å². The predicted octanol–water partition coefficient (Wildman–Crippen LogP) is 2.82. The van der Waals surface area contributed by atoms with Gasteiger partial charge in [-0.2, -0.15) is 5.26 Å². The molecule has 0 saturated carbocycles. The Balaban J connectivity index is 2.67. The van der Waals surface area contributed by atoms with Gasteiger partial charge in [0, 0.05) is 12.0 Å². The summed E-state index contributed by atoms with van der Waals surface area (Å²) in [7, 11) is 0. The first-order chi connectivity index (χ1) is 7.67. The van der Waals surface area contributed by atoms with Crippen molar-refractivity contribution in [1.82, 2.24) is 0 Å². The van der Waals surface area contributed by atoms with Gasteiger partial charge in [0.25, 0.3) is 0 Å². The van der Waals surface area contributed by atoms with Gasteiger partial charge >= 0.3 is 0 Å². The molecule has 0 aliphatic rings. The molecule has 0 aliphatic carbocycles. The quantitative estimate of drug-likeness (QED) is 0.712. The molecule has 0 radical (unpaired) electrons. The molecule has 0 aliphatic heterocycles. The Bertz CT molecular complexity index is 389. The van der Waals surface area contributed by atoms with Crippen molar-refractivity contribution < 1.29 is 9.53 Å². The van der Waals surface area contributed by atoms with Gasteiger partial charge < -0.3 is 4.74 Å². The third kappa shape index (κ3) is 3.39. The van der Waals surface area contributed by atoms with E-state index in [-0.39, 0.29) is 18.1 Å². The molecule has 0 N–H and O–H groups in total. The molecule has 1 aromatic rings. The van der Waals surface area contributed by atoms with E-state index in [0.717, 1.165) is 5.75 Å². The average molecular weight is 217 g/mol. The molecule has 16 heavy (non-hydrogen) atoms. The van der Waals surface area contributed by atoms with Crippen molar-refractivity contribution in [3.63, 3.8) is 0 Å². The van der Waals surface area contributed by atoms with Crippen molar-refractivity contribution in [3.05, 3.63) is 29.8 Å². The van der Waals surface area contributed by atoms with Crippen molar-refractivity contribution in [1.29, 1.82) is 5.26 Å². The highest BCUT2D eigenvalue weighted by Crippen LogP contribution is 2.15. The average Bonchev–Trinajstić information content (AvgIpc) is 2.30. The second-order valence-corrected chi connectivity index (χ2v) is 3.61. The van der Waals surface area contributed by atoms with Crippen LogP contribution in [-0.2, 0) is 0 Å². The number of nitriles is 1. The third-order valence-corrected chi connectivity index (χ3v) is 2.20. The number of nitrogens with zero attached hydrogens (tertiary/aromatic N) is 1. The summed E-state index contributed by atoms with van der Waals surface area (Å²) in [4.78, 5) is 11.7. The summed E-state index contributed by atoms with van der Waals surface area (Å²) in [5.41, 5.74) is 0.630. The van der Waals surface area contributed by atoms with Crippen molar-refractivity contribution in [2.24, 2.45) is 5.92 Å². The van der Waals surface area contributed by atoms with E-state index in [2.05, 4.69) is 6.07 Å². The number of ketones is 1. The van der Waals surface area contributed by atoms with Gasteiger partial charge in [-0.05, 0) is 38.1 Å². The van der Waals surface area contributed by atoms with Crippen molar-refractivity contribution in [3.8, 4) is 11.8 Å². The first-order valence-electron chi connectivity index (χ1n) is 5.33. The standard InChI is InChI=1S/C13H15NO2/c1-3-16-12-6-4-11(5-7-12)13(15)8-10(2)9-14/h4-7,10H,3,8H2,1-2H3. The van der Waals surface area contributed by atoms with Crippen LogP contribution in [0.5, 0.6) is 5.75 Å². The molecule has 84 valence electrons. The number of Topliss-reactive ketones (excluding diaryl/α,β-unsaturated/α-hetero) is 1. The van der Waals surface area contributed by atoms with Gasteiger partial charge in [-0.1, -0.05) is 0 Å². The van der Waals surface area contributed by atoms with Crippen LogP contribution in [0.2, 0.25) is 0 Å². The number of carbonyl (C=O) groups is 1. The molecule has 1 rings (SSSR count). The molecule has 0 amide bonds. The van der Waals surface area contributed by atoms with Gasteiger partial charge in [-0.25, -0.2) is 0 Å². The number of benzene rings is 1. The van der Waals surface area contributed by atoms with Gasteiger partial charge in [0.05, 0.1) is 18.6 Å². The predicted molar refractivity (Wildman–Crippen MR) is 61.3 cm³/mol. The van der Waals surface area contributed by atoms with E-state index in [0.29, 0.717) is 12.2 Å². The molecular weight excluding hydrogens is 202 g/mol. The summed E-state index contributed by atoms with van der Waals surface area (Å²) in [6, 6.07) is 9.06. The molecule has 0 spiro atoms. The van der Waals surface area contributed by atoms with Crippen LogP contribution < -0.4 is 4.74 Å². The lowest BCUT2D eigenvalue weighted by atomic mass is 10.0. The van der Waals surface area contributed by atoms with Gasteiger partial charge in [0.1, 0.15) is 5.75 Å². The fourth-order valence-electron chi connectivity index (χ4n) is 1.35. The normalized spacial score (nSPS) is 11.6. The van der Waals surface area contributed by atoms with E-state index in [1.165, 1.54) is 0 Å². The smallest absolute Gasteiger partial charge is 0.164 e. The Morgan fingerprint density at radius 1 is 1.44 bits per heavy atom. The third-order valence-electron chi connectivity index (χ3n) is 2.20. The highest BCUT2D eigenvalue weighted by molar-refractivity contribution is 5.96. The van der Waals surface area contributed by atoms with Crippen LogP contribution >= 0.6 is 0 Å². The fourth-order valence-corrected chi connectivity index (χ4v) is 1.35. The molecule has 3 heteroatoms. The largest absolute Gasteiger partial charge is 0.494 e. The lowest BCUT2D eigenvalue weighted by Gasteiger charge is -2.05. The number of ether oxygens (including phenoxy) is 1. The molecule has 0 saturated heterocycles. The van der Waals surface area contributed by atoms with Crippen molar-refractivity contribution >= 4 is 5.78 Å². The minimum absolute atomic E-state index is 0.00269. The van der Waals surface area contributed by atoms with Crippen LogP contribution in [0.4, 0.5) is 0 Å². The van der Waals surface area contributed by atoms with E-state index in [1.54, 1.807) is 31.2 Å². The number of rotatable bonds is 5. The van der Waals surface area contributed by atoms with Crippen LogP contribution in [0.3, 0.4) is 0 Å². The number of hydrogen-bond acceptors (Lipinski definition) is 3. The zero-order chi connectivity index (χ0) is 12.0. The Hall–Kier alpha value is -1.82. The van der Waals surface area contributed by atoms with Crippen LogP contribution in [-0.4, -0.2) is 12.4 Å². The summed E-state index contributed by atoms with van der Waals surface area (Å²) in [5.74, 6) is 0.517. The Morgan fingerprint density at radius 2 is 2.06 bits per heavy atom. The lowest BCUT2D eigenvalue weighted by molar-refractivity contribution is 0.0973. The molecule has 0 heterocycles. The van der Waals surface area contributed by atoms with E-state index >= 15 is 0 Å². The molecule has 1 atom stereocenters. The topological polar surface area (TPSA) is 50.1 Å². The van der Waals surface area contributed by atoms with E-state index in [4.69, 9.17) is 10.00 Å². The van der Waals surface area contributed by atoms with Crippen molar-refractivity contribution in [2.45, 2.75) is 20.3 Å². The summed E-state index contributed by atoms with van der Waals surface area (Å²) in [5, 5.41) is 8.62. The fraction of sp³-hybridized carbons (Fsp3) is 0.385. The SMILES string of the molecule is CCOc1ccc(C(=O)CC(C)C#N)cc1. The first kappa shape index (κ1) is 12.3. The second-order valence-electron chi connectivity index (χ2n) is 3.61. The number of hydrogen-bond donors (Lipinski definition) is 0. The minimum atomic E-state index is -0.237. The van der Waals surface area contributed by atoms with Crippen LogP contribution in [0.1, 0.15) is 30.6 Å². The lowest BCUT2D eigenvalue weighted by Crippen LogP contribution is -2.04. The molecule has 0 fully saturated rings. The molecule has 0 aromatic heterocycles. The van der Waals surface area contributed by atoms with Gasteiger partial charge in [-0.3, -0.25) is 4.79 Å². The summed E-state index contributed by atoms with van der Waals surface area (Å²) < 4.78 is 5.28. The van der Waals surface area contributed by atoms with Crippen LogP contribution in [0.15, 0.2) is 24.3 Å². The first-order valence-corrected chi connectivity index (χ1v) is 5.33. The highest BCUT2D eigenvalue weighted by atomic mass is 16.5. The Kier molecular flexibility index (Phi) is 4.53. The maximum Gasteiger partial charge on any atom is 0.164 e. The van der Waals surface area contributed by atoms with Crippen LogP contribution in [0, 0.1) is 17.2 Å². The van der Waals surface area contributed by atoms with Gasteiger partial charge in [0.15, 0.2) is 5.78 Å². The maximum atomic E-state index is 11.7. The minimum Gasteiger partial charge on any atom is -0.494 e. The van der Waals surface area contributed by atoms with Crippen molar-refractivity contribution in [2.75, 3.05) is 6.61 Å². The molecule has 0 bridgehead atoms. The molecular formula is C13H15NO2. The second kappa shape index (κ2) is 5.92. The van der Waals surface area contributed by atoms with E-state index in [9.17, 15) is 4.79 Å². The molecule has 3 nitrogen and oxygen atoms in total. The number of carbonyl (C=O) groups excluding carboxylic acids is 1. The van der Waals surface area contributed by atoms with Gasteiger partial charge in [0.2, 0.25) is 0 Å². The van der Waals surface area contributed by atoms with Gasteiger partial charge in [-0.15, -0.1) is 0 Å². The maximum absolute atomic E-state index is 11.7. The zero-order valence-electron chi connectivity index (χ0n) is 9.56.